The lowest BCUT2D eigenvalue weighted by atomic mass is 9.79. The van der Waals surface area contributed by atoms with E-state index in [9.17, 15) is 4.79 Å². The van der Waals surface area contributed by atoms with Gasteiger partial charge in [0, 0.05) is 36.4 Å². The van der Waals surface area contributed by atoms with Crippen molar-refractivity contribution in [2.75, 3.05) is 13.1 Å². The van der Waals surface area contributed by atoms with Crippen molar-refractivity contribution in [2.24, 2.45) is 5.41 Å². The van der Waals surface area contributed by atoms with E-state index >= 15 is 0 Å². The van der Waals surface area contributed by atoms with Gasteiger partial charge in [-0.25, -0.2) is 0 Å². The summed E-state index contributed by atoms with van der Waals surface area (Å²) in [5, 5.41) is 5.29. The highest BCUT2D eigenvalue weighted by Crippen LogP contribution is 2.36. The fourth-order valence-corrected chi connectivity index (χ4v) is 5.02. The second kappa shape index (κ2) is 9.11. The molecule has 4 rings (SSSR count). The molecule has 1 N–H and O–H groups in total. The SMILES string of the molecule is CC(C)NC(=O)[C@@]1(Cc2ccc(-c3cccs3)cc2)CCN(Cc2ccncc2)C1. The molecule has 1 aliphatic heterocycles. The lowest BCUT2D eigenvalue weighted by molar-refractivity contribution is -0.131. The van der Waals surface area contributed by atoms with Gasteiger partial charge in [0.15, 0.2) is 0 Å². The van der Waals surface area contributed by atoms with Crippen molar-refractivity contribution in [1.82, 2.24) is 15.2 Å². The zero-order valence-corrected chi connectivity index (χ0v) is 18.5. The zero-order chi connectivity index (χ0) is 21.0. The van der Waals surface area contributed by atoms with Crippen LogP contribution in [0.2, 0.25) is 0 Å². The molecule has 1 aromatic carbocycles. The first-order valence-electron chi connectivity index (χ1n) is 10.6. The van der Waals surface area contributed by atoms with Crippen LogP contribution in [-0.4, -0.2) is 34.9 Å². The second-order valence-electron chi connectivity index (χ2n) is 8.58. The lowest BCUT2D eigenvalue weighted by Gasteiger charge is -2.30. The number of carbonyl (C=O) groups excluding carboxylic acids is 1. The molecule has 1 amide bonds. The summed E-state index contributed by atoms with van der Waals surface area (Å²) >= 11 is 1.75. The Labute approximate surface area is 183 Å². The van der Waals surface area contributed by atoms with Crippen molar-refractivity contribution in [1.29, 1.82) is 0 Å². The van der Waals surface area contributed by atoms with Crippen LogP contribution in [0.5, 0.6) is 0 Å². The fraction of sp³-hybridized carbons (Fsp3) is 0.360. The van der Waals surface area contributed by atoms with Crippen molar-refractivity contribution in [3.8, 4) is 10.4 Å². The first-order valence-corrected chi connectivity index (χ1v) is 11.5. The van der Waals surface area contributed by atoms with Crippen LogP contribution in [0.25, 0.3) is 10.4 Å². The number of rotatable bonds is 7. The van der Waals surface area contributed by atoms with E-state index < -0.39 is 0 Å². The maximum absolute atomic E-state index is 13.3. The van der Waals surface area contributed by atoms with Gasteiger partial charge in [0.25, 0.3) is 0 Å². The number of nitrogens with zero attached hydrogens (tertiary/aromatic N) is 2. The summed E-state index contributed by atoms with van der Waals surface area (Å²) in [5.74, 6) is 0.178. The number of thiophene rings is 1. The highest BCUT2D eigenvalue weighted by atomic mass is 32.1. The molecule has 1 fully saturated rings. The summed E-state index contributed by atoms with van der Waals surface area (Å²) in [4.78, 5) is 21.1. The van der Waals surface area contributed by atoms with Gasteiger partial charge in [-0.05, 0) is 73.5 Å². The van der Waals surface area contributed by atoms with Crippen molar-refractivity contribution >= 4 is 17.2 Å². The Bertz CT molecular complexity index is 954. The standard InChI is InChI=1S/C25H29N3OS/c1-19(2)27-24(29)25(11-14-28(18-25)17-21-9-12-26-13-10-21)16-20-5-7-22(8-6-20)23-4-3-15-30-23/h3-10,12-13,15,19H,11,14,16-18H2,1-2H3,(H,27,29)/t25-/m1/s1. The normalized spacial score (nSPS) is 19.3. The maximum atomic E-state index is 13.3. The lowest BCUT2D eigenvalue weighted by Crippen LogP contribution is -2.46. The summed E-state index contributed by atoms with van der Waals surface area (Å²) in [6, 6.07) is 17.2. The average Bonchev–Trinajstić information content (AvgIpc) is 3.40. The van der Waals surface area contributed by atoms with Crippen LogP contribution < -0.4 is 5.32 Å². The van der Waals surface area contributed by atoms with Crippen LogP contribution in [0, 0.1) is 5.41 Å². The molecule has 5 heteroatoms. The highest BCUT2D eigenvalue weighted by molar-refractivity contribution is 7.13. The van der Waals surface area contributed by atoms with E-state index in [1.807, 2.05) is 26.2 Å². The molecule has 0 spiro atoms. The molecule has 0 aliphatic carbocycles. The average molecular weight is 420 g/mol. The van der Waals surface area contributed by atoms with Gasteiger partial charge in [-0.1, -0.05) is 30.3 Å². The maximum Gasteiger partial charge on any atom is 0.228 e. The van der Waals surface area contributed by atoms with E-state index in [1.54, 1.807) is 11.3 Å². The smallest absolute Gasteiger partial charge is 0.228 e. The third-order valence-electron chi connectivity index (χ3n) is 5.79. The minimum atomic E-state index is -0.387. The first-order chi connectivity index (χ1) is 14.5. The van der Waals surface area contributed by atoms with E-state index in [4.69, 9.17) is 0 Å². The van der Waals surface area contributed by atoms with Crippen LogP contribution in [-0.2, 0) is 17.8 Å². The Morgan fingerprint density at radius 1 is 1.13 bits per heavy atom. The van der Waals surface area contributed by atoms with Crippen molar-refractivity contribution in [2.45, 2.75) is 39.3 Å². The summed E-state index contributed by atoms with van der Waals surface area (Å²) in [6.07, 6.45) is 5.31. The van der Waals surface area contributed by atoms with Crippen LogP contribution in [0.1, 0.15) is 31.4 Å². The van der Waals surface area contributed by atoms with Gasteiger partial charge in [-0.15, -0.1) is 11.3 Å². The molecule has 2 aromatic heterocycles. The van der Waals surface area contributed by atoms with Crippen LogP contribution in [0.15, 0.2) is 66.3 Å². The van der Waals surface area contributed by atoms with E-state index in [2.05, 4.69) is 69.1 Å². The molecule has 156 valence electrons. The predicted molar refractivity (Wildman–Crippen MR) is 123 cm³/mol. The molecule has 1 aliphatic rings. The van der Waals surface area contributed by atoms with Crippen molar-refractivity contribution in [3.63, 3.8) is 0 Å². The number of pyridine rings is 1. The summed E-state index contributed by atoms with van der Waals surface area (Å²) < 4.78 is 0. The number of carbonyl (C=O) groups is 1. The number of nitrogens with one attached hydrogen (secondary N) is 1. The molecule has 4 nitrogen and oxygen atoms in total. The number of hydrogen-bond acceptors (Lipinski definition) is 4. The van der Waals surface area contributed by atoms with Gasteiger partial charge in [0.1, 0.15) is 0 Å². The molecular formula is C25H29N3OS. The fourth-order valence-electron chi connectivity index (χ4n) is 4.29. The quantitative estimate of drug-likeness (QED) is 0.600. The molecule has 0 unspecified atom stereocenters. The minimum absolute atomic E-state index is 0.143. The molecular weight excluding hydrogens is 390 g/mol. The zero-order valence-electron chi connectivity index (χ0n) is 17.7. The summed E-state index contributed by atoms with van der Waals surface area (Å²) in [6.45, 7) is 6.63. The van der Waals surface area contributed by atoms with Gasteiger partial charge in [-0.2, -0.15) is 0 Å². The third-order valence-corrected chi connectivity index (χ3v) is 6.71. The van der Waals surface area contributed by atoms with Gasteiger partial charge >= 0.3 is 0 Å². The molecule has 0 saturated carbocycles. The van der Waals surface area contributed by atoms with Crippen LogP contribution in [0.3, 0.4) is 0 Å². The van der Waals surface area contributed by atoms with Crippen LogP contribution in [0.4, 0.5) is 0 Å². The van der Waals surface area contributed by atoms with Gasteiger partial charge in [0.05, 0.1) is 5.41 Å². The highest BCUT2D eigenvalue weighted by Gasteiger charge is 2.44. The van der Waals surface area contributed by atoms with E-state index in [0.717, 1.165) is 32.5 Å². The number of hydrogen-bond donors (Lipinski definition) is 1. The minimum Gasteiger partial charge on any atom is -0.353 e. The predicted octanol–water partition coefficient (Wildman–Crippen LogP) is 4.77. The Kier molecular flexibility index (Phi) is 6.30. The Hall–Kier alpha value is -2.50. The summed E-state index contributed by atoms with van der Waals surface area (Å²) in [7, 11) is 0. The largest absolute Gasteiger partial charge is 0.353 e. The van der Waals surface area contributed by atoms with E-state index in [-0.39, 0.29) is 17.4 Å². The number of aromatic nitrogens is 1. The van der Waals surface area contributed by atoms with Crippen LogP contribution >= 0.6 is 11.3 Å². The molecule has 0 bridgehead atoms. The van der Waals surface area contributed by atoms with E-state index in [0.29, 0.717) is 0 Å². The van der Waals surface area contributed by atoms with E-state index in [1.165, 1.54) is 21.6 Å². The summed E-state index contributed by atoms with van der Waals surface area (Å²) in [5.41, 5.74) is 3.31. The second-order valence-corrected chi connectivity index (χ2v) is 9.52. The molecule has 1 atom stereocenters. The molecule has 3 heterocycles. The Morgan fingerprint density at radius 3 is 2.57 bits per heavy atom. The number of benzene rings is 1. The topological polar surface area (TPSA) is 45.2 Å². The van der Waals surface area contributed by atoms with Crippen molar-refractivity contribution < 1.29 is 4.79 Å². The monoisotopic (exact) mass is 419 g/mol. The first kappa shape index (κ1) is 20.8. The Balaban J connectivity index is 1.52. The molecule has 30 heavy (non-hydrogen) atoms. The number of likely N-dealkylation sites (tertiary alicyclic amines) is 1. The number of amides is 1. The van der Waals surface area contributed by atoms with Gasteiger partial charge in [0.2, 0.25) is 5.91 Å². The van der Waals surface area contributed by atoms with Gasteiger partial charge in [-0.3, -0.25) is 14.7 Å². The molecule has 0 radical (unpaired) electrons. The Morgan fingerprint density at radius 2 is 1.90 bits per heavy atom. The van der Waals surface area contributed by atoms with Gasteiger partial charge < -0.3 is 5.32 Å². The third kappa shape index (κ3) is 4.79. The molecule has 3 aromatic rings. The van der Waals surface area contributed by atoms with Crippen molar-refractivity contribution in [3.05, 3.63) is 77.4 Å². The molecule has 1 saturated heterocycles.